The van der Waals surface area contributed by atoms with Gasteiger partial charge in [-0.2, -0.15) is 0 Å². The maximum atomic E-state index is 12.4. The van der Waals surface area contributed by atoms with Gasteiger partial charge in [0.2, 0.25) is 6.43 Å². The summed E-state index contributed by atoms with van der Waals surface area (Å²) in [5.74, 6) is 1.45. The molecule has 2 aliphatic carbocycles. The predicted octanol–water partition coefficient (Wildman–Crippen LogP) is 5.20. The van der Waals surface area contributed by atoms with Gasteiger partial charge >= 0.3 is 0 Å². The van der Waals surface area contributed by atoms with E-state index in [1.807, 2.05) is 11.3 Å². The lowest BCUT2D eigenvalue weighted by Gasteiger charge is -2.29. The second kappa shape index (κ2) is 6.90. The van der Waals surface area contributed by atoms with Gasteiger partial charge in [0.05, 0.1) is 5.39 Å². The van der Waals surface area contributed by atoms with Gasteiger partial charge in [0.25, 0.3) is 0 Å². The van der Waals surface area contributed by atoms with E-state index in [0.29, 0.717) is 18.4 Å². The fourth-order valence-corrected chi connectivity index (χ4v) is 5.42. The van der Waals surface area contributed by atoms with Crippen LogP contribution in [0.1, 0.15) is 55.4 Å². The number of nitrogens with zero attached hydrogens (tertiary/aromatic N) is 2. The van der Waals surface area contributed by atoms with Crippen molar-refractivity contribution in [3.05, 3.63) is 16.8 Å². The molecule has 2 aliphatic rings. The van der Waals surface area contributed by atoms with Crippen LogP contribution in [0.3, 0.4) is 0 Å². The summed E-state index contributed by atoms with van der Waals surface area (Å²) in [6.45, 7) is 0. The summed E-state index contributed by atoms with van der Waals surface area (Å²) in [6, 6.07) is 0.405. The van der Waals surface area contributed by atoms with Gasteiger partial charge in [0, 0.05) is 17.3 Å². The molecule has 0 spiro atoms. The predicted molar refractivity (Wildman–Crippen MR) is 94.0 cm³/mol. The molecule has 6 heteroatoms. The maximum absolute atomic E-state index is 12.4. The van der Waals surface area contributed by atoms with Crippen molar-refractivity contribution in [2.45, 2.75) is 70.3 Å². The summed E-state index contributed by atoms with van der Waals surface area (Å²) in [5.41, 5.74) is 1.45. The van der Waals surface area contributed by atoms with Gasteiger partial charge < -0.3 is 5.32 Å². The molecule has 1 fully saturated rings. The van der Waals surface area contributed by atoms with Gasteiger partial charge in [-0.15, -0.1) is 11.3 Å². The van der Waals surface area contributed by atoms with Crippen molar-refractivity contribution in [2.24, 2.45) is 5.92 Å². The first-order valence-corrected chi connectivity index (χ1v) is 9.82. The zero-order valence-electron chi connectivity index (χ0n) is 13.7. The molecule has 0 bridgehead atoms. The normalized spacial score (nSPS) is 23.8. The van der Waals surface area contributed by atoms with Crippen molar-refractivity contribution in [3.8, 4) is 0 Å². The number of anilines is 1. The number of rotatable bonds is 5. The van der Waals surface area contributed by atoms with Crippen LogP contribution in [0.2, 0.25) is 0 Å². The third kappa shape index (κ3) is 3.25. The number of hydrogen-bond acceptors (Lipinski definition) is 4. The summed E-state index contributed by atoms with van der Waals surface area (Å²) >= 11 is 1.81. The van der Waals surface area contributed by atoms with E-state index < -0.39 is 6.43 Å². The average molecular weight is 351 g/mol. The summed E-state index contributed by atoms with van der Waals surface area (Å²) in [5, 5.41) is 4.86. The van der Waals surface area contributed by atoms with E-state index in [4.69, 9.17) is 0 Å². The summed E-state index contributed by atoms with van der Waals surface area (Å²) < 4.78 is 24.7. The van der Waals surface area contributed by atoms with Crippen LogP contribution in [-0.2, 0) is 12.8 Å². The third-order valence-corrected chi connectivity index (χ3v) is 6.68. The van der Waals surface area contributed by atoms with Gasteiger partial charge in [-0.25, -0.2) is 18.7 Å². The minimum absolute atomic E-state index is 0.0519. The van der Waals surface area contributed by atoms with Crippen molar-refractivity contribution < 1.29 is 8.78 Å². The average Bonchev–Trinajstić information content (AvgIpc) is 3.15. The maximum Gasteiger partial charge on any atom is 0.238 e. The number of halogens is 2. The number of aromatic nitrogens is 2. The van der Waals surface area contributed by atoms with Crippen LogP contribution in [-0.4, -0.2) is 22.4 Å². The van der Waals surface area contributed by atoms with Crippen LogP contribution in [0.4, 0.5) is 14.6 Å². The largest absolute Gasteiger partial charge is 0.367 e. The van der Waals surface area contributed by atoms with Crippen LogP contribution in [0, 0.1) is 5.92 Å². The molecule has 1 N–H and O–H groups in total. The molecule has 0 aromatic carbocycles. The van der Waals surface area contributed by atoms with E-state index in [0.717, 1.165) is 42.8 Å². The van der Waals surface area contributed by atoms with Crippen molar-refractivity contribution in [1.29, 1.82) is 0 Å². The van der Waals surface area contributed by atoms with Crippen molar-refractivity contribution in [3.63, 3.8) is 0 Å². The molecule has 0 saturated heterocycles. The molecule has 0 unspecified atom stereocenters. The fourth-order valence-electron chi connectivity index (χ4n) is 4.19. The molecule has 2 heterocycles. The van der Waals surface area contributed by atoms with E-state index in [1.165, 1.54) is 28.7 Å². The van der Waals surface area contributed by atoms with Crippen LogP contribution in [0.5, 0.6) is 0 Å². The SMILES string of the molecule is FC(F)CCC1CCC(Nc2ncnc3sc4c(c23)CCC4)CC1. The second-order valence-corrected chi connectivity index (χ2v) is 8.17. The lowest BCUT2D eigenvalue weighted by molar-refractivity contribution is 0.123. The minimum atomic E-state index is -2.16. The Balaban J connectivity index is 1.43. The lowest BCUT2D eigenvalue weighted by atomic mass is 9.83. The van der Waals surface area contributed by atoms with Crippen molar-refractivity contribution in [1.82, 2.24) is 9.97 Å². The van der Waals surface area contributed by atoms with Gasteiger partial charge in [0.15, 0.2) is 0 Å². The quantitative estimate of drug-likeness (QED) is 0.805. The highest BCUT2D eigenvalue weighted by atomic mass is 32.1. The molecule has 0 aliphatic heterocycles. The van der Waals surface area contributed by atoms with Crippen molar-refractivity contribution in [2.75, 3.05) is 5.32 Å². The molecule has 0 atom stereocenters. The molecular formula is C18H23F2N3S. The highest BCUT2D eigenvalue weighted by Crippen LogP contribution is 2.40. The van der Waals surface area contributed by atoms with E-state index in [1.54, 1.807) is 6.33 Å². The Labute approximate surface area is 144 Å². The smallest absolute Gasteiger partial charge is 0.238 e. The van der Waals surface area contributed by atoms with E-state index >= 15 is 0 Å². The van der Waals surface area contributed by atoms with E-state index in [2.05, 4.69) is 15.3 Å². The minimum Gasteiger partial charge on any atom is -0.367 e. The van der Waals surface area contributed by atoms with Gasteiger partial charge in [-0.05, 0) is 62.8 Å². The molecular weight excluding hydrogens is 328 g/mol. The number of fused-ring (bicyclic) bond motifs is 3. The van der Waals surface area contributed by atoms with Gasteiger partial charge in [-0.3, -0.25) is 0 Å². The number of thiophene rings is 1. The van der Waals surface area contributed by atoms with Crippen LogP contribution in [0.25, 0.3) is 10.2 Å². The first-order chi connectivity index (χ1) is 11.7. The summed E-state index contributed by atoms with van der Waals surface area (Å²) in [7, 11) is 0. The van der Waals surface area contributed by atoms with Gasteiger partial charge in [-0.1, -0.05) is 0 Å². The first-order valence-electron chi connectivity index (χ1n) is 9.00. The van der Waals surface area contributed by atoms with Crippen LogP contribution < -0.4 is 5.32 Å². The second-order valence-electron chi connectivity index (χ2n) is 7.09. The number of alkyl halides is 2. The van der Waals surface area contributed by atoms with Gasteiger partial charge in [0.1, 0.15) is 17.0 Å². The highest BCUT2D eigenvalue weighted by Gasteiger charge is 2.25. The standard InChI is InChI=1S/C18H23F2N3S/c19-15(20)9-6-11-4-7-12(8-5-11)23-17-16-13-2-1-3-14(13)24-18(16)22-10-21-17/h10-12,15H,1-9H2,(H,21,22,23). The molecule has 130 valence electrons. The summed E-state index contributed by atoms with van der Waals surface area (Å²) in [4.78, 5) is 11.5. The molecule has 2 aromatic heterocycles. The number of nitrogens with one attached hydrogen (secondary N) is 1. The van der Waals surface area contributed by atoms with E-state index in [9.17, 15) is 8.78 Å². The molecule has 4 rings (SSSR count). The monoisotopic (exact) mass is 351 g/mol. The number of hydrogen-bond donors (Lipinski definition) is 1. The first kappa shape index (κ1) is 16.2. The molecule has 3 nitrogen and oxygen atoms in total. The van der Waals surface area contributed by atoms with E-state index in [-0.39, 0.29) is 6.42 Å². The zero-order chi connectivity index (χ0) is 16.5. The molecule has 0 radical (unpaired) electrons. The summed E-state index contributed by atoms with van der Waals surface area (Å²) in [6.07, 6.45) is 7.94. The van der Waals surface area contributed by atoms with Crippen LogP contribution >= 0.6 is 11.3 Å². The Bertz CT molecular complexity index is 708. The molecule has 0 amide bonds. The number of aryl methyl sites for hydroxylation is 2. The molecule has 2 aromatic rings. The zero-order valence-corrected chi connectivity index (χ0v) is 14.5. The topological polar surface area (TPSA) is 37.8 Å². The Kier molecular flexibility index (Phi) is 4.66. The van der Waals surface area contributed by atoms with Crippen LogP contribution in [0.15, 0.2) is 6.33 Å². The Morgan fingerprint density at radius 2 is 2.00 bits per heavy atom. The Morgan fingerprint density at radius 1 is 1.17 bits per heavy atom. The third-order valence-electron chi connectivity index (χ3n) is 5.48. The highest BCUT2D eigenvalue weighted by molar-refractivity contribution is 7.19. The molecule has 24 heavy (non-hydrogen) atoms. The Hall–Kier alpha value is -1.30. The Morgan fingerprint density at radius 3 is 2.79 bits per heavy atom. The van der Waals surface area contributed by atoms with Crippen molar-refractivity contribution >= 4 is 27.4 Å². The fraction of sp³-hybridized carbons (Fsp3) is 0.667. The lowest BCUT2D eigenvalue weighted by Crippen LogP contribution is -2.26. The molecule has 1 saturated carbocycles.